The van der Waals surface area contributed by atoms with Crippen LogP contribution in [0.4, 0.5) is 0 Å². The van der Waals surface area contributed by atoms with E-state index in [2.05, 4.69) is 0 Å². The second kappa shape index (κ2) is 5.83. The molecule has 2 aromatic rings. The molecule has 0 aliphatic rings. The number of ether oxygens (including phenoxy) is 1. The van der Waals surface area contributed by atoms with E-state index in [9.17, 15) is 4.79 Å². The van der Waals surface area contributed by atoms with E-state index >= 15 is 0 Å². The van der Waals surface area contributed by atoms with Crippen molar-refractivity contribution in [2.24, 2.45) is 0 Å². The number of benzene rings is 1. The first-order valence-corrected chi connectivity index (χ1v) is 6.87. The molecule has 0 aliphatic carbocycles. The van der Waals surface area contributed by atoms with Gasteiger partial charge in [-0.25, -0.2) is 0 Å². The molecular formula is C15H16O2S. The van der Waals surface area contributed by atoms with Crippen molar-refractivity contribution in [3.05, 3.63) is 51.7 Å². The summed E-state index contributed by atoms with van der Waals surface area (Å²) in [5.74, 6) is 0.718. The summed E-state index contributed by atoms with van der Waals surface area (Å²) in [6.07, 6.45) is 0.931. The van der Waals surface area contributed by atoms with E-state index in [1.165, 1.54) is 11.3 Å². The standard InChI is InChI=1S/C15H16O2S/c1-3-10-17-13-7-5-4-6-12(13)15(16)14-9-8-11(2)18-14/h4-9H,3,10H2,1-2H3. The van der Waals surface area contributed by atoms with Crippen LogP contribution in [0.2, 0.25) is 0 Å². The van der Waals surface area contributed by atoms with E-state index in [0.717, 1.165) is 16.2 Å². The molecule has 0 aliphatic heterocycles. The van der Waals surface area contributed by atoms with Gasteiger partial charge in [-0.15, -0.1) is 11.3 Å². The normalized spacial score (nSPS) is 10.3. The van der Waals surface area contributed by atoms with E-state index in [1.54, 1.807) is 0 Å². The molecule has 1 aromatic heterocycles. The molecule has 0 amide bonds. The molecule has 0 atom stereocenters. The lowest BCUT2D eigenvalue weighted by atomic mass is 10.1. The quantitative estimate of drug-likeness (QED) is 0.757. The van der Waals surface area contributed by atoms with E-state index < -0.39 is 0 Å². The maximum Gasteiger partial charge on any atom is 0.206 e. The number of hydrogen-bond donors (Lipinski definition) is 0. The molecule has 2 rings (SSSR count). The largest absolute Gasteiger partial charge is 0.493 e. The molecule has 0 spiro atoms. The Kier molecular flexibility index (Phi) is 4.15. The Morgan fingerprint density at radius 3 is 2.67 bits per heavy atom. The topological polar surface area (TPSA) is 26.3 Å². The number of para-hydroxylation sites is 1. The van der Waals surface area contributed by atoms with Gasteiger partial charge in [-0.2, -0.15) is 0 Å². The van der Waals surface area contributed by atoms with Crippen LogP contribution in [0.25, 0.3) is 0 Å². The number of carbonyl (C=O) groups excluding carboxylic acids is 1. The van der Waals surface area contributed by atoms with Crippen LogP contribution in [0.15, 0.2) is 36.4 Å². The summed E-state index contributed by atoms with van der Waals surface area (Å²) >= 11 is 1.52. The van der Waals surface area contributed by atoms with E-state index in [1.807, 2.05) is 50.2 Å². The third-order valence-electron chi connectivity index (χ3n) is 2.56. The second-order valence-electron chi connectivity index (χ2n) is 4.08. The number of aryl methyl sites for hydroxylation is 1. The predicted molar refractivity (Wildman–Crippen MR) is 74.7 cm³/mol. The molecule has 0 radical (unpaired) electrons. The van der Waals surface area contributed by atoms with Gasteiger partial charge in [-0.05, 0) is 37.6 Å². The summed E-state index contributed by atoms with van der Waals surface area (Å²) < 4.78 is 5.62. The summed E-state index contributed by atoms with van der Waals surface area (Å²) in [6.45, 7) is 4.68. The minimum Gasteiger partial charge on any atom is -0.493 e. The van der Waals surface area contributed by atoms with E-state index in [-0.39, 0.29) is 5.78 Å². The lowest BCUT2D eigenvalue weighted by Crippen LogP contribution is -2.04. The number of thiophene rings is 1. The van der Waals surface area contributed by atoms with Crippen LogP contribution in [0.3, 0.4) is 0 Å². The Bertz CT molecular complexity index is 543. The molecule has 18 heavy (non-hydrogen) atoms. The van der Waals surface area contributed by atoms with Crippen molar-refractivity contribution >= 4 is 17.1 Å². The molecule has 0 N–H and O–H groups in total. The maximum absolute atomic E-state index is 12.4. The van der Waals surface area contributed by atoms with Crippen molar-refractivity contribution in [3.63, 3.8) is 0 Å². The average Bonchev–Trinajstić information content (AvgIpc) is 2.82. The van der Waals surface area contributed by atoms with Crippen molar-refractivity contribution in [2.45, 2.75) is 20.3 Å². The third kappa shape index (κ3) is 2.79. The highest BCUT2D eigenvalue weighted by atomic mass is 32.1. The number of ketones is 1. The molecule has 1 heterocycles. The van der Waals surface area contributed by atoms with Crippen LogP contribution in [-0.4, -0.2) is 12.4 Å². The van der Waals surface area contributed by atoms with Crippen LogP contribution in [-0.2, 0) is 0 Å². The average molecular weight is 260 g/mol. The van der Waals surface area contributed by atoms with E-state index in [4.69, 9.17) is 4.74 Å². The third-order valence-corrected chi connectivity index (χ3v) is 3.56. The highest BCUT2D eigenvalue weighted by molar-refractivity contribution is 7.14. The van der Waals surface area contributed by atoms with Gasteiger partial charge in [-0.1, -0.05) is 19.1 Å². The minimum atomic E-state index is 0.0415. The van der Waals surface area contributed by atoms with Crippen LogP contribution in [0, 0.1) is 6.92 Å². The van der Waals surface area contributed by atoms with Gasteiger partial charge in [0.2, 0.25) is 5.78 Å². The molecule has 1 aromatic carbocycles. The molecular weight excluding hydrogens is 244 g/mol. The molecule has 0 saturated heterocycles. The van der Waals surface area contributed by atoms with Gasteiger partial charge in [0.15, 0.2) is 0 Å². The van der Waals surface area contributed by atoms with Crippen LogP contribution >= 0.6 is 11.3 Å². The predicted octanol–water partition coefficient (Wildman–Crippen LogP) is 4.08. The highest BCUT2D eigenvalue weighted by Gasteiger charge is 2.15. The molecule has 0 saturated carbocycles. The first-order chi connectivity index (χ1) is 8.72. The molecule has 0 fully saturated rings. The zero-order valence-corrected chi connectivity index (χ0v) is 11.4. The van der Waals surface area contributed by atoms with Crippen molar-refractivity contribution in [1.82, 2.24) is 0 Å². The Labute approximate surface area is 111 Å². The van der Waals surface area contributed by atoms with Gasteiger partial charge < -0.3 is 4.74 Å². The molecule has 94 valence electrons. The summed E-state index contributed by atoms with van der Waals surface area (Å²) in [4.78, 5) is 14.3. The van der Waals surface area contributed by atoms with Crippen molar-refractivity contribution < 1.29 is 9.53 Å². The van der Waals surface area contributed by atoms with E-state index in [0.29, 0.717) is 17.9 Å². The van der Waals surface area contributed by atoms with Crippen LogP contribution < -0.4 is 4.74 Å². The van der Waals surface area contributed by atoms with Gasteiger partial charge in [-0.3, -0.25) is 4.79 Å². The van der Waals surface area contributed by atoms with Crippen molar-refractivity contribution in [1.29, 1.82) is 0 Å². The van der Waals surface area contributed by atoms with Gasteiger partial charge in [0, 0.05) is 4.88 Å². The first-order valence-electron chi connectivity index (χ1n) is 6.05. The first kappa shape index (κ1) is 12.8. The summed E-state index contributed by atoms with van der Waals surface area (Å²) in [6, 6.07) is 11.3. The minimum absolute atomic E-state index is 0.0415. The van der Waals surface area contributed by atoms with Crippen molar-refractivity contribution in [2.75, 3.05) is 6.61 Å². The second-order valence-corrected chi connectivity index (χ2v) is 5.37. The smallest absolute Gasteiger partial charge is 0.206 e. The molecule has 2 nitrogen and oxygen atoms in total. The number of hydrogen-bond acceptors (Lipinski definition) is 3. The lowest BCUT2D eigenvalue weighted by molar-refractivity contribution is 0.103. The fraction of sp³-hybridized carbons (Fsp3) is 0.267. The number of carbonyl (C=O) groups is 1. The fourth-order valence-electron chi connectivity index (χ4n) is 1.68. The Balaban J connectivity index is 2.29. The van der Waals surface area contributed by atoms with Gasteiger partial charge in [0.25, 0.3) is 0 Å². The SMILES string of the molecule is CCCOc1ccccc1C(=O)c1ccc(C)s1. The van der Waals surface area contributed by atoms with Gasteiger partial charge in [0.05, 0.1) is 17.0 Å². The van der Waals surface area contributed by atoms with Gasteiger partial charge in [0.1, 0.15) is 5.75 Å². The van der Waals surface area contributed by atoms with Crippen LogP contribution in [0.5, 0.6) is 5.75 Å². The monoisotopic (exact) mass is 260 g/mol. The Morgan fingerprint density at radius 1 is 1.22 bits per heavy atom. The highest BCUT2D eigenvalue weighted by Crippen LogP contribution is 2.25. The fourth-order valence-corrected chi connectivity index (χ4v) is 2.50. The molecule has 0 unspecified atom stereocenters. The summed E-state index contributed by atoms with van der Waals surface area (Å²) in [5.41, 5.74) is 0.646. The zero-order valence-electron chi connectivity index (χ0n) is 10.6. The van der Waals surface area contributed by atoms with Crippen molar-refractivity contribution in [3.8, 4) is 5.75 Å². The Hall–Kier alpha value is -1.61. The maximum atomic E-state index is 12.4. The van der Waals surface area contributed by atoms with Gasteiger partial charge >= 0.3 is 0 Å². The van der Waals surface area contributed by atoms with Crippen LogP contribution in [0.1, 0.15) is 33.5 Å². The summed E-state index contributed by atoms with van der Waals surface area (Å²) in [7, 11) is 0. The number of rotatable bonds is 5. The summed E-state index contributed by atoms with van der Waals surface area (Å²) in [5, 5.41) is 0. The zero-order chi connectivity index (χ0) is 13.0. The molecule has 0 bridgehead atoms. The lowest BCUT2D eigenvalue weighted by Gasteiger charge is -2.08. The molecule has 3 heteroatoms. The Morgan fingerprint density at radius 2 is 2.00 bits per heavy atom.